The van der Waals surface area contributed by atoms with E-state index in [-0.39, 0.29) is 5.75 Å². The molecular formula is C9H21N3O2S2. The van der Waals surface area contributed by atoms with Gasteiger partial charge >= 0.3 is 0 Å². The summed E-state index contributed by atoms with van der Waals surface area (Å²) in [4.78, 5) is 4.30. The van der Waals surface area contributed by atoms with Gasteiger partial charge in [-0.3, -0.25) is 4.99 Å². The first-order valence-corrected chi connectivity index (χ1v) is 8.64. The minimum atomic E-state index is -2.91. The van der Waals surface area contributed by atoms with E-state index in [0.717, 1.165) is 18.8 Å². The Labute approximate surface area is 102 Å². The lowest BCUT2D eigenvalue weighted by atomic mass is 10.6. The summed E-state index contributed by atoms with van der Waals surface area (Å²) in [5, 5.41) is 6.05. The Balaban J connectivity index is 3.98. The van der Waals surface area contributed by atoms with Gasteiger partial charge in [-0.25, -0.2) is 8.42 Å². The predicted molar refractivity (Wildman–Crippen MR) is 72.1 cm³/mol. The lowest BCUT2D eigenvalue weighted by molar-refractivity contribution is 0.600. The Kier molecular flexibility index (Phi) is 8.46. The van der Waals surface area contributed by atoms with Crippen molar-refractivity contribution in [3.8, 4) is 0 Å². The SMILES string of the molecule is CCNC(=NCCSC)NCCS(C)(=O)=O. The molecule has 0 fully saturated rings. The summed E-state index contributed by atoms with van der Waals surface area (Å²) in [6.07, 6.45) is 3.26. The molecule has 0 aliphatic carbocycles. The highest BCUT2D eigenvalue weighted by Crippen LogP contribution is 1.89. The number of aliphatic imine (C=N–C) groups is 1. The number of hydrogen-bond acceptors (Lipinski definition) is 4. The van der Waals surface area contributed by atoms with Gasteiger partial charge in [0.2, 0.25) is 0 Å². The molecule has 0 atom stereocenters. The zero-order chi connectivity index (χ0) is 12.4. The molecular weight excluding hydrogens is 246 g/mol. The lowest BCUT2D eigenvalue weighted by Gasteiger charge is -2.10. The van der Waals surface area contributed by atoms with Crippen molar-refractivity contribution in [2.75, 3.05) is 43.7 Å². The first-order valence-electron chi connectivity index (χ1n) is 5.18. The summed E-state index contributed by atoms with van der Waals surface area (Å²) in [6, 6.07) is 0. The van der Waals surface area contributed by atoms with Gasteiger partial charge in [0.05, 0.1) is 12.3 Å². The number of hydrogen-bond donors (Lipinski definition) is 2. The van der Waals surface area contributed by atoms with Crippen LogP contribution < -0.4 is 10.6 Å². The molecule has 7 heteroatoms. The van der Waals surface area contributed by atoms with Crippen molar-refractivity contribution in [3.63, 3.8) is 0 Å². The maximum Gasteiger partial charge on any atom is 0.191 e. The Morgan fingerprint density at radius 3 is 2.56 bits per heavy atom. The quantitative estimate of drug-likeness (QED) is 0.384. The van der Waals surface area contributed by atoms with E-state index in [1.165, 1.54) is 6.26 Å². The van der Waals surface area contributed by atoms with Gasteiger partial charge < -0.3 is 10.6 Å². The number of guanidine groups is 1. The Morgan fingerprint density at radius 2 is 2.06 bits per heavy atom. The lowest BCUT2D eigenvalue weighted by Crippen LogP contribution is -2.39. The molecule has 2 N–H and O–H groups in total. The molecule has 96 valence electrons. The van der Waals surface area contributed by atoms with E-state index in [1.807, 2.05) is 13.2 Å². The van der Waals surface area contributed by atoms with Crippen LogP contribution in [-0.2, 0) is 9.84 Å². The molecule has 0 radical (unpaired) electrons. The Morgan fingerprint density at radius 1 is 1.38 bits per heavy atom. The average Bonchev–Trinajstić information content (AvgIpc) is 2.16. The molecule has 0 aromatic carbocycles. The molecule has 5 nitrogen and oxygen atoms in total. The first kappa shape index (κ1) is 15.6. The van der Waals surface area contributed by atoms with Crippen molar-refractivity contribution < 1.29 is 8.42 Å². The molecule has 0 saturated heterocycles. The predicted octanol–water partition coefficient (Wildman–Crippen LogP) is -0.0509. The van der Waals surface area contributed by atoms with E-state index in [4.69, 9.17) is 0 Å². The van der Waals surface area contributed by atoms with Crippen LogP contribution in [0.1, 0.15) is 6.92 Å². The second kappa shape index (κ2) is 8.69. The monoisotopic (exact) mass is 267 g/mol. The van der Waals surface area contributed by atoms with Gasteiger partial charge in [0.25, 0.3) is 0 Å². The van der Waals surface area contributed by atoms with Gasteiger partial charge in [-0.2, -0.15) is 11.8 Å². The largest absolute Gasteiger partial charge is 0.357 e. The third kappa shape index (κ3) is 10.1. The number of thioether (sulfide) groups is 1. The zero-order valence-electron chi connectivity index (χ0n) is 10.1. The van der Waals surface area contributed by atoms with Gasteiger partial charge in [-0.05, 0) is 13.2 Å². The van der Waals surface area contributed by atoms with Crippen molar-refractivity contribution >= 4 is 27.6 Å². The molecule has 0 aromatic heterocycles. The molecule has 0 rings (SSSR count). The Bertz CT molecular complexity index is 302. The van der Waals surface area contributed by atoms with E-state index in [0.29, 0.717) is 12.5 Å². The molecule has 0 spiro atoms. The minimum absolute atomic E-state index is 0.125. The van der Waals surface area contributed by atoms with E-state index in [9.17, 15) is 8.42 Å². The summed E-state index contributed by atoms with van der Waals surface area (Å²) in [6.45, 7) is 3.87. The van der Waals surface area contributed by atoms with Crippen LogP contribution in [0, 0.1) is 0 Å². The highest BCUT2D eigenvalue weighted by atomic mass is 32.2. The second-order valence-electron chi connectivity index (χ2n) is 3.31. The molecule has 0 heterocycles. The van der Waals surface area contributed by atoms with Gasteiger partial charge in [0.15, 0.2) is 5.96 Å². The second-order valence-corrected chi connectivity index (χ2v) is 6.56. The van der Waals surface area contributed by atoms with Crippen LogP contribution >= 0.6 is 11.8 Å². The van der Waals surface area contributed by atoms with E-state index >= 15 is 0 Å². The highest BCUT2D eigenvalue weighted by molar-refractivity contribution is 7.98. The van der Waals surface area contributed by atoms with Crippen molar-refractivity contribution in [3.05, 3.63) is 0 Å². The molecule has 0 aliphatic rings. The van der Waals surface area contributed by atoms with Crippen LogP contribution in [0.4, 0.5) is 0 Å². The molecule has 0 bridgehead atoms. The van der Waals surface area contributed by atoms with Gasteiger partial charge in [0, 0.05) is 25.1 Å². The molecule has 0 unspecified atom stereocenters. The van der Waals surface area contributed by atoms with E-state index in [1.54, 1.807) is 11.8 Å². The summed E-state index contributed by atoms with van der Waals surface area (Å²) in [7, 11) is -2.91. The molecule has 0 amide bonds. The fourth-order valence-electron chi connectivity index (χ4n) is 0.945. The maximum atomic E-state index is 10.9. The standard InChI is InChI=1S/C9H21N3O2S2/c1-4-10-9(11-5-7-15-2)12-6-8-16(3,13)14/h4-8H2,1-3H3,(H2,10,11,12). The van der Waals surface area contributed by atoms with Crippen LogP contribution in [0.25, 0.3) is 0 Å². The number of nitrogens with zero attached hydrogens (tertiary/aromatic N) is 1. The van der Waals surface area contributed by atoms with Gasteiger partial charge in [-0.1, -0.05) is 0 Å². The average molecular weight is 267 g/mol. The molecule has 16 heavy (non-hydrogen) atoms. The summed E-state index contributed by atoms with van der Waals surface area (Å²) in [5.74, 6) is 1.77. The normalized spacial score (nSPS) is 12.6. The highest BCUT2D eigenvalue weighted by Gasteiger charge is 2.02. The van der Waals surface area contributed by atoms with E-state index < -0.39 is 9.84 Å². The van der Waals surface area contributed by atoms with Gasteiger partial charge in [-0.15, -0.1) is 0 Å². The van der Waals surface area contributed by atoms with Crippen molar-refractivity contribution in [2.24, 2.45) is 4.99 Å². The van der Waals surface area contributed by atoms with E-state index in [2.05, 4.69) is 15.6 Å². The third-order valence-electron chi connectivity index (χ3n) is 1.67. The van der Waals surface area contributed by atoms with Crippen LogP contribution in [0.5, 0.6) is 0 Å². The zero-order valence-corrected chi connectivity index (χ0v) is 11.7. The number of rotatable bonds is 7. The first-order chi connectivity index (χ1) is 7.49. The Hall–Kier alpha value is -0.430. The van der Waals surface area contributed by atoms with Crippen molar-refractivity contribution in [2.45, 2.75) is 6.92 Å². The topological polar surface area (TPSA) is 70.6 Å². The number of nitrogens with one attached hydrogen (secondary N) is 2. The van der Waals surface area contributed by atoms with Crippen molar-refractivity contribution in [1.29, 1.82) is 0 Å². The smallest absolute Gasteiger partial charge is 0.191 e. The van der Waals surface area contributed by atoms with Crippen LogP contribution in [0.2, 0.25) is 0 Å². The maximum absolute atomic E-state index is 10.9. The fourth-order valence-corrected chi connectivity index (χ4v) is 1.69. The fraction of sp³-hybridized carbons (Fsp3) is 0.889. The van der Waals surface area contributed by atoms with Crippen LogP contribution in [-0.4, -0.2) is 58.0 Å². The molecule has 0 aliphatic heterocycles. The summed E-state index contributed by atoms with van der Waals surface area (Å²) < 4.78 is 21.9. The van der Waals surface area contributed by atoms with Crippen LogP contribution in [0.15, 0.2) is 4.99 Å². The van der Waals surface area contributed by atoms with Gasteiger partial charge in [0.1, 0.15) is 9.84 Å². The summed E-state index contributed by atoms with van der Waals surface area (Å²) in [5.41, 5.74) is 0. The summed E-state index contributed by atoms with van der Waals surface area (Å²) >= 11 is 1.73. The molecule has 0 saturated carbocycles. The third-order valence-corrected chi connectivity index (χ3v) is 3.21. The molecule has 0 aromatic rings. The van der Waals surface area contributed by atoms with Crippen molar-refractivity contribution in [1.82, 2.24) is 10.6 Å². The number of sulfone groups is 1. The van der Waals surface area contributed by atoms with Crippen LogP contribution in [0.3, 0.4) is 0 Å². The minimum Gasteiger partial charge on any atom is -0.357 e.